The Morgan fingerprint density at radius 2 is 1.94 bits per heavy atom. The number of benzene rings is 2. The van der Waals surface area contributed by atoms with Gasteiger partial charge in [0.05, 0.1) is 22.9 Å². The minimum absolute atomic E-state index is 0.0416. The summed E-state index contributed by atoms with van der Waals surface area (Å²) in [5.41, 5.74) is 7.82. The number of anilines is 1. The molecule has 3 heterocycles. The Bertz CT molecular complexity index is 1380. The average molecular weight is 409 g/mol. The Balaban J connectivity index is 1.56. The second-order valence-electron chi connectivity index (χ2n) is 7.86. The largest absolute Gasteiger partial charge is 0.352 e. The van der Waals surface area contributed by atoms with Crippen molar-refractivity contribution < 1.29 is 4.79 Å². The molecular weight excluding hydrogens is 386 g/mol. The lowest BCUT2D eigenvalue weighted by Crippen LogP contribution is -2.10. The zero-order chi connectivity index (χ0) is 21.4. The number of carbonyl (C=O) groups is 1. The fourth-order valence-electron chi connectivity index (χ4n) is 3.97. The number of nitrogens with one attached hydrogen (secondary N) is 3. The number of amides is 1. The maximum Gasteiger partial charge on any atom is 0.224 e. The van der Waals surface area contributed by atoms with Crippen LogP contribution in [0.5, 0.6) is 0 Å². The Hall–Kier alpha value is -3.93. The predicted octanol–water partition coefficient (Wildman–Crippen LogP) is 5.82. The molecule has 154 valence electrons. The molecule has 0 spiro atoms. The van der Waals surface area contributed by atoms with Gasteiger partial charge in [-0.2, -0.15) is 5.10 Å². The highest BCUT2D eigenvalue weighted by Crippen LogP contribution is 2.32. The molecule has 0 atom stereocenters. The number of carbonyl (C=O) groups excluding carboxylic acids is 1. The van der Waals surface area contributed by atoms with E-state index >= 15 is 0 Å². The number of nitrogens with zero attached hydrogens (tertiary/aromatic N) is 2. The first-order chi connectivity index (χ1) is 15.1. The maximum atomic E-state index is 12.1. The van der Waals surface area contributed by atoms with Gasteiger partial charge in [-0.05, 0) is 66.4 Å². The van der Waals surface area contributed by atoms with Crippen LogP contribution in [0.4, 0.5) is 5.69 Å². The molecule has 6 heteroatoms. The van der Waals surface area contributed by atoms with Crippen molar-refractivity contribution in [1.82, 2.24) is 20.2 Å². The molecule has 0 aliphatic heterocycles. The molecule has 0 unspecified atom stereocenters. The highest BCUT2D eigenvalue weighted by Gasteiger charge is 2.13. The summed E-state index contributed by atoms with van der Waals surface area (Å²) in [6.07, 6.45) is 4.96. The lowest BCUT2D eigenvalue weighted by atomic mass is 10.00. The second kappa shape index (κ2) is 7.72. The van der Waals surface area contributed by atoms with Gasteiger partial charge in [0.1, 0.15) is 5.69 Å². The molecule has 0 saturated heterocycles. The van der Waals surface area contributed by atoms with Crippen molar-refractivity contribution in [1.29, 1.82) is 0 Å². The zero-order valence-electron chi connectivity index (χ0n) is 17.5. The van der Waals surface area contributed by atoms with Crippen LogP contribution in [0.25, 0.3) is 44.3 Å². The molecule has 0 aliphatic rings. The Morgan fingerprint density at radius 3 is 2.77 bits per heavy atom. The minimum atomic E-state index is 0.0416. The SMILES string of the molecule is CCCC(=O)Nc1cc(C)cc(-c2ccc3[nH]nc(-c4cc5ccncc5[nH]4)c3c2)c1. The molecule has 0 fully saturated rings. The fraction of sp³-hybridized carbons (Fsp3) is 0.160. The quantitative estimate of drug-likeness (QED) is 0.342. The molecular formula is C25H23N5O. The number of rotatable bonds is 5. The van der Waals surface area contributed by atoms with E-state index in [4.69, 9.17) is 0 Å². The van der Waals surface area contributed by atoms with Gasteiger partial charge in [-0.1, -0.05) is 19.1 Å². The topological polar surface area (TPSA) is 86.5 Å². The van der Waals surface area contributed by atoms with Gasteiger partial charge in [0.25, 0.3) is 0 Å². The molecule has 31 heavy (non-hydrogen) atoms. The van der Waals surface area contributed by atoms with Gasteiger partial charge < -0.3 is 10.3 Å². The number of hydrogen-bond donors (Lipinski definition) is 3. The molecule has 5 aromatic rings. The molecule has 5 rings (SSSR count). The first kappa shape index (κ1) is 19.1. The monoisotopic (exact) mass is 409 g/mol. The molecule has 3 N–H and O–H groups in total. The fourth-order valence-corrected chi connectivity index (χ4v) is 3.97. The molecule has 0 aliphatic carbocycles. The van der Waals surface area contributed by atoms with Gasteiger partial charge in [0.15, 0.2) is 0 Å². The summed E-state index contributed by atoms with van der Waals surface area (Å²) < 4.78 is 0. The molecule has 2 aromatic carbocycles. The Labute approximate surface area is 179 Å². The Morgan fingerprint density at radius 1 is 1.03 bits per heavy atom. The van der Waals surface area contributed by atoms with Crippen molar-refractivity contribution in [3.05, 3.63) is 66.5 Å². The highest BCUT2D eigenvalue weighted by atomic mass is 16.1. The lowest BCUT2D eigenvalue weighted by molar-refractivity contribution is -0.116. The first-order valence-corrected chi connectivity index (χ1v) is 10.4. The van der Waals surface area contributed by atoms with Gasteiger partial charge in [0.2, 0.25) is 5.91 Å². The highest BCUT2D eigenvalue weighted by molar-refractivity contribution is 5.98. The Kier molecular flexibility index (Phi) is 4.75. The van der Waals surface area contributed by atoms with E-state index in [1.165, 1.54) is 0 Å². The van der Waals surface area contributed by atoms with Crippen LogP contribution in [0.1, 0.15) is 25.3 Å². The van der Waals surface area contributed by atoms with Crippen molar-refractivity contribution in [2.45, 2.75) is 26.7 Å². The van der Waals surface area contributed by atoms with Gasteiger partial charge in [-0.15, -0.1) is 0 Å². The summed E-state index contributed by atoms with van der Waals surface area (Å²) in [6.45, 7) is 4.04. The van der Waals surface area contributed by atoms with Crippen LogP contribution < -0.4 is 5.32 Å². The smallest absolute Gasteiger partial charge is 0.224 e. The number of pyridine rings is 1. The van der Waals surface area contributed by atoms with E-state index in [0.29, 0.717) is 6.42 Å². The number of aromatic nitrogens is 4. The minimum Gasteiger partial charge on any atom is -0.352 e. The van der Waals surface area contributed by atoms with E-state index in [0.717, 1.165) is 62.0 Å². The van der Waals surface area contributed by atoms with Crippen molar-refractivity contribution in [2.24, 2.45) is 0 Å². The van der Waals surface area contributed by atoms with E-state index in [2.05, 4.69) is 49.7 Å². The summed E-state index contributed by atoms with van der Waals surface area (Å²) in [7, 11) is 0. The van der Waals surface area contributed by atoms with Crippen LogP contribution in [0, 0.1) is 6.92 Å². The summed E-state index contributed by atoms with van der Waals surface area (Å²) in [5.74, 6) is 0.0416. The number of H-pyrrole nitrogens is 2. The van der Waals surface area contributed by atoms with Gasteiger partial charge in [0, 0.05) is 29.1 Å². The summed E-state index contributed by atoms with van der Waals surface area (Å²) in [6, 6.07) is 16.5. The number of hydrogen-bond acceptors (Lipinski definition) is 3. The van der Waals surface area contributed by atoms with E-state index < -0.39 is 0 Å². The number of aromatic amines is 2. The van der Waals surface area contributed by atoms with E-state index in [1.807, 2.05) is 44.3 Å². The summed E-state index contributed by atoms with van der Waals surface area (Å²) in [4.78, 5) is 19.6. The predicted molar refractivity (Wildman–Crippen MR) is 125 cm³/mol. The molecule has 0 saturated carbocycles. The molecule has 6 nitrogen and oxygen atoms in total. The van der Waals surface area contributed by atoms with Gasteiger partial charge in [-0.3, -0.25) is 14.9 Å². The second-order valence-corrected chi connectivity index (χ2v) is 7.86. The maximum absolute atomic E-state index is 12.1. The average Bonchev–Trinajstić information content (AvgIpc) is 3.36. The van der Waals surface area contributed by atoms with Crippen molar-refractivity contribution in [3.63, 3.8) is 0 Å². The number of fused-ring (bicyclic) bond motifs is 2. The van der Waals surface area contributed by atoms with Gasteiger partial charge >= 0.3 is 0 Å². The van der Waals surface area contributed by atoms with Crippen LogP contribution in [-0.2, 0) is 4.79 Å². The first-order valence-electron chi connectivity index (χ1n) is 10.4. The van der Waals surface area contributed by atoms with E-state index in [-0.39, 0.29) is 5.91 Å². The van der Waals surface area contributed by atoms with Gasteiger partial charge in [-0.25, -0.2) is 0 Å². The summed E-state index contributed by atoms with van der Waals surface area (Å²) in [5, 5.41) is 12.8. The zero-order valence-corrected chi connectivity index (χ0v) is 17.5. The molecule has 1 amide bonds. The third kappa shape index (κ3) is 3.68. The van der Waals surface area contributed by atoms with Crippen molar-refractivity contribution >= 4 is 33.4 Å². The molecule has 0 bridgehead atoms. The standard InChI is InChI=1S/C25H23N5O/c1-3-4-24(31)27-19-10-15(2)9-18(11-19)16-5-6-21-20(12-16)25(30-29-21)22-13-17-7-8-26-14-23(17)28-22/h5-14,28H,3-4H2,1-2H3,(H,27,31)(H,29,30). The third-order valence-corrected chi connectivity index (χ3v) is 5.41. The van der Waals surface area contributed by atoms with E-state index in [9.17, 15) is 4.79 Å². The van der Waals surface area contributed by atoms with Crippen molar-refractivity contribution in [2.75, 3.05) is 5.32 Å². The normalized spacial score (nSPS) is 11.3. The summed E-state index contributed by atoms with van der Waals surface area (Å²) >= 11 is 0. The van der Waals surface area contributed by atoms with Crippen LogP contribution in [0.3, 0.4) is 0 Å². The van der Waals surface area contributed by atoms with Crippen molar-refractivity contribution in [3.8, 4) is 22.5 Å². The van der Waals surface area contributed by atoms with Crippen LogP contribution in [0.15, 0.2) is 60.9 Å². The molecule has 0 radical (unpaired) electrons. The van der Waals surface area contributed by atoms with Crippen LogP contribution in [-0.4, -0.2) is 26.1 Å². The van der Waals surface area contributed by atoms with Crippen LogP contribution >= 0.6 is 0 Å². The van der Waals surface area contributed by atoms with E-state index in [1.54, 1.807) is 6.20 Å². The lowest BCUT2D eigenvalue weighted by Gasteiger charge is -2.10. The molecule has 3 aromatic heterocycles. The van der Waals surface area contributed by atoms with Crippen LogP contribution in [0.2, 0.25) is 0 Å². The third-order valence-electron chi connectivity index (χ3n) is 5.41. The number of aryl methyl sites for hydroxylation is 1.